The first-order valence-electron chi connectivity index (χ1n) is 7.67. The average Bonchev–Trinajstić information content (AvgIpc) is 2.56. The predicted octanol–water partition coefficient (Wildman–Crippen LogP) is 4.25. The molecular weight excluding hydrogens is 328 g/mol. The third-order valence-electron chi connectivity index (χ3n) is 3.37. The lowest BCUT2D eigenvalue weighted by Crippen LogP contribution is -2.30. The lowest BCUT2D eigenvalue weighted by Gasteiger charge is -2.11. The minimum Gasteiger partial charge on any atom is -0.495 e. The number of para-hydroxylation sites is 1. The van der Waals surface area contributed by atoms with Crippen molar-refractivity contribution in [2.24, 2.45) is 0 Å². The summed E-state index contributed by atoms with van der Waals surface area (Å²) in [5, 5.41) is 5.94. The number of nitrogens with one attached hydrogen (secondary N) is 2. The van der Waals surface area contributed by atoms with Gasteiger partial charge in [-0.05, 0) is 43.2 Å². The van der Waals surface area contributed by atoms with Gasteiger partial charge in [0, 0.05) is 12.2 Å². The molecule has 0 aromatic heterocycles. The smallest absolute Gasteiger partial charge is 0.319 e. The highest BCUT2D eigenvalue weighted by molar-refractivity contribution is 6.32. The van der Waals surface area contributed by atoms with E-state index in [2.05, 4.69) is 10.6 Å². The molecule has 24 heavy (non-hydrogen) atoms. The Kier molecular flexibility index (Phi) is 6.75. The monoisotopic (exact) mass is 348 g/mol. The van der Waals surface area contributed by atoms with Crippen LogP contribution < -0.4 is 20.1 Å². The van der Waals surface area contributed by atoms with Crippen LogP contribution >= 0.6 is 11.6 Å². The number of ether oxygens (including phenoxy) is 2. The van der Waals surface area contributed by atoms with Crippen LogP contribution in [0.4, 0.5) is 10.5 Å². The van der Waals surface area contributed by atoms with E-state index in [9.17, 15) is 4.79 Å². The summed E-state index contributed by atoms with van der Waals surface area (Å²) in [4.78, 5) is 11.8. The lowest BCUT2D eigenvalue weighted by atomic mass is 10.2. The molecule has 2 aromatic rings. The van der Waals surface area contributed by atoms with Gasteiger partial charge in [-0.15, -0.1) is 0 Å². The number of anilines is 1. The Hall–Kier alpha value is -2.40. The van der Waals surface area contributed by atoms with Crippen molar-refractivity contribution < 1.29 is 14.3 Å². The van der Waals surface area contributed by atoms with Crippen LogP contribution in [0.15, 0.2) is 42.5 Å². The molecule has 0 aliphatic rings. The molecule has 0 unspecified atom stereocenters. The Morgan fingerprint density at radius 3 is 2.67 bits per heavy atom. The fraction of sp³-hybridized carbons (Fsp3) is 0.278. The summed E-state index contributed by atoms with van der Waals surface area (Å²) >= 11 is 6.02. The number of hydrogen-bond donors (Lipinski definition) is 2. The minimum atomic E-state index is -0.285. The molecule has 0 bridgehead atoms. The maximum Gasteiger partial charge on any atom is 0.319 e. The number of rotatable bonds is 7. The van der Waals surface area contributed by atoms with Crippen LogP contribution in [0, 0.1) is 6.92 Å². The van der Waals surface area contributed by atoms with Crippen molar-refractivity contribution in [3.05, 3.63) is 53.1 Å². The van der Waals surface area contributed by atoms with Crippen molar-refractivity contribution >= 4 is 23.3 Å². The number of methoxy groups -OCH3 is 1. The lowest BCUT2D eigenvalue weighted by molar-refractivity contribution is 0.250. The molecule has 5 nitrogen and oxygen atoms in total. The normalized spacial score (nSPS) is 10.1. The summed E-state index contributed by atoms with van der Waals surface area (Å²) < 4.78 is 10.7. The van der Waals surface area contributed by atoms with Crippen LogP contribution in [0.1, 0.15) is 12.0 Å². The van der Waals surface area contributed by atoms with Crippen LogP contribution in [0.5, 0.6) is 11.5 Å². The van der Waals surface area contributed by atoms with E-state index < -0.39 is 0 Å². The van der Waals surface area contributed by atoms with Crippen molar-refractivity contribution in [2.75, 3.05) is 25.6 Å². The van der Waals surface area contributed by atoms with Crippen LogP contribution in [0.2, 0.25) is 5.02 Å². The largest absolute Gasteiger partial charge is 0.495 e. The van der Waals surface area contributed by atoms with Crippen LogP contribution in [0.3, 0.4) is 0 Å². The van der Waals surface area contributed by atoms with Gasteiger partial charge in [-0.2, -0.15) is 0 Å². The zero-order valence-corrected chi connectivity index (χ0v) is 14.5. The maximum absolute atomic E-state index is 11.8. The van der Waals surface area contributed by atoms with Crippen molar-refractivity contribution in [3.63, 3.8) is 0 Å². The molecule has 0 aliphatic heterocycles. The van der Waals surface area contributed by atoms with E-state index in [1.54, 1.807) is 25.3 Å². The fourth-order valence-corrected chi connectivity index (χ4v) is 2.35. The standard InChI is InChI=1S/C18H21ClN2O3/c1-13-6-3-4-7-16(13)24-11-5-10-20-18(22)21-14-8-9-17(23-2)15(19)12-14/h3-4,6-9,12H,5,10-11H2,1-2H3,(H2,20,21,22). The van der Waals surface area contributed by atoms with Crippen LogP contribution in [-0.4, -0.2) is 26.3 Å². The maximum atomic E-state index is 11.8. The molecule has 0 heterocycles. The highest BCUT2D eigenvalue weighted by Gasteiger charge is 2.05. The molecule has 2 N–H and O–H groups in total. The number of amides is 2. The van der Waals surface area contributed by atoms with Crippen molar-refractivity contribution in [1.29, 1.82) is 0 Å². The molecule has 0 saturated heterocycles. The van der Waals surface area contributed by atoms with E-state index in [1.165, 1.54) is 0 Å². The Balaban J connectivity index is 1.68. The first kappa shape index (κ1) is 17.9. The number of halogens is 1. The molecule has 0 spiro atoms. The highest BCUT2D eigenvalue weighted by atomic mass is 35.5. The summed E-state index contributed by atoms with van der Waals surface area (Å²) in [7, 11) is 1.54. The molecule has 2 aromatic carbocycles. The number of carbonyl (C=O) groups excluding carboxylic acids is 1. The van der Waals surface area contributed by atoms with Crippen LogP contribution in [0.25, 0.3) is 0 Å². The van der Waals surface area contributed by atoms with Gasteiger partial charge in [0.1, 0.15) is 11.5 Å². The molecule has 0 aliphatic carbocycles. The first-order chi connectivity index (χ1) is 11.6. The zero-order valence-electron chi connectivity index (χ0n) is 13.8. The fourth-order valence-electron chi connectivity index (χ4n) is 2.09. The average molecular weight is 349 g/mol. The molecule has 0 saturated carbocycles. The summed E-state index contributed by atoms with van der Waals surface area (Å²) in [6.45, 7) is 3.06. The van der Waals surface area contributed by atoms with E-state index >= 15 is 0 Å². The van der Waals surface area contributed by atoms with Crippen molar-refractivity contribution in [2.45, 2.75) is 13.3 Å². The van der Waals surface area contributed by atoms with Gasteiger partial charge in [0.15, 0.2) is 0 Å². The Bertz CT molecular complexity index is 692. The number of aryl methyl sites for hydroxylation is 1. The second-order valence-corrected chi connectivity index (χ2v) is 5.60. The number of hydrogen-bond acceptors (Lipinski definition) is 3. The minimum absolute atomic E-state index is 0.285. The number of benzene rings is 2. The van der Waals surface area contributed by atoms with E-state index in [0.717, 1.165) is 11.3 Å². The van der Waals surface area contributed by atoms with Gasteiger partial charge < -0.3 is 20.1 Å². The molecule has 2 amide bonds. The van der Waals surface area contributed by atoms with Gasteiger partial charge in [0.05, 0.1) is 18.7 Å². The quantitative estimate of drug-likeness (QED) is 0.735. The SMILES string of the molecule is COc1ccc(NC(=O)NCCCOc2ccccc2C)cc1Cl. The number of carbonyl (C=O) groups is 1. The Labute approximate surface area is 146 Å². The molecule has 0 atom stereocenters. The first-order valence-corrected chi connectivity index (χ1v) is 8.05. The molecule has 128 valence electrons. The van der Waals surface area contributed by atoms with Gasteiger partial charge >= 0.3 is 6.03 Å². The van der Waals surface area contributed by atoms with E-state index in [0.29, 0.717) is 36.0 Å². The summed E-state index contributed by atoms with van der Waals surface area (Å²) in [6, 6.07) is 12.6. The number of urea groups is 1. The van der Waals surface area contributed by atoms with E-state index in [4.69, 9.17) is 21.1 Å². The van der Waals surface area contributed by atoms with Crippen molar-refractivity contribution in [3.8, 4) is 11.5 Å². The van der Waals surface area contributed by atoms with Gasteiger partial charge in [-0.25, -0.2) is 4.79 Å². The molecule has 0 fully saturated rings. The second kappa shape index (κ2) is 9.03. The summed E-state index contributed by atoms with van der Waals surface area (Å²) in [6.07, 6.45) is 0.713. The van der Waals surface area contributed by atoms with E-state index in [-0.39, 0.29) is 6.03 Å². The van der Waals surface area contributed by atoms with E-state index in [1.807, 2.05) is 31.2 Å². The molecule has 0 radical (unpaired) electrons. The molecule has 6 heteroatoms. The zero-order chi connectivity index (χ0) is 17.4. The van der Waals surface area contributed by atoms with Gasteiger partial charge in [-0.1, -0.05) is 29.8 Å². The highest BCUT2D eigenvalue weighted by Crippen LogP contribution is 2.27. The molecule has 2 rings (SSSR count). The van der Waals surface area contributed by atoms with Gasteiger partial charge in [0.2, 0.25) is 0 Å². The second-order valence-electron chi connectivity index (χ2n) is 5.20. The van der Waals surface area contributed by atoms with Crippen LogP contribution in [-0.2, 0) is 0 Å². The topological polar surface area (TPSA) is 59.6 Å². The van der Waals surface area contributed by atoms with Crippen molar-refractivity contribution in [1.82, 2.24) is 5.32 Å². The Morgan fingerprint density at radius 2 is 1.96 bits per heavy atom. The van der Waals surface area contributed by atoms with Gasteiger partial charge in [0.25, 0.3) is 0 Å². The Morgan fingerprint density at radius 1 is 1.17 bits per heavy atom. The summed E-state index contributed by atoms with van der Waals surface area (Å²) in [5.74, 6) is 1.44. The third kappa shape index (κ3) is 5.35. The summed E-state index contributed by atoms with van der Waals surface area (Å²) in [5.41, 5.74) is 1.70. The third-order valence-corrected chi connectivity index (χ3v) is 3.66. The molecular formula is C18H21ClN2O3. The van der Waals surface area contributed by atoms with Gasteiger partial charge in [-0.3, -0.25) is 0 Å². The predicted molar refractivity (Wildman–Crippen MR) is 96.3 cm³/mol.